The molecule has 2 aromatic rings. The Balaban J connectivity index is 2.65. The minimum absolute atomic E-state index is 0.513. The standard InChI is InChI=1S/C14H15NO3/c1-3-11(14(16)17)13-12-8-10(18-2)5-4-9(12)6-7-15-13/h4-8,11H,3H2,1-2H3,(H,16,17). The molecule has 0 radical (unpaired) electrons. The van der Waals surface area contributed by atoms with Gasteiger partial charge in [-0.05, 0) is 30.0 Å². The minimum Gasteiger partial charge on any atom is -0.497 e. The Morgan fingerprint density at radius 2 is 2.22 bits per heavy atom. The number of carboxylic acid groups (broad SMARTS) is 1. The van der Waals surface area contributed by atoms with Crippen LogP contribution < -0.4 is 4.74 Å². The predicted molar refractivity (Wildman–Crippen MR) is 69.0 cm³/mol. The van der Waals surface area contributed by atoms with E-state index < -0.39 is 11.9 Å². The number of hydrogen-bond donors (Lipinski definition) is 1. The quantitative estimate of drug-likeness (QED) is 0.899. The van der Waals surface area contributed by atoms with Gasteiger partial charge in [-0.1, -0.05) is 13.0 Å². The molecule has 0 saturated heterocycles. The van der Waals surface area contributed by atoms with Crippen LogP contribution in [0.1, 0.15) is 25.0 Å². The molecule has 1 heterocycles. The summed E-state index contributed by atoms with van der Waals surface area (Å²) in [6, 6.07) is 7.47. The van der Waals surface area contributed by atoms with Gasteiger partial charge in [0.15, 0.2) is 0 Å². The fourth-order valence-corrected chi connectivity index (χ4v) is 2.06. The van der Waals surface area contributed by atoms with Gasteiger partial charge >= 0.3 is 5.97 Å². The van der Waals surface area contributed by atoms with Gasteiger partial charge in [-0.2, -0.15) is 0 Å². The second kappa shape index (κ2) is 5.04. The molecule has 1 N–H and O–H groups in total. The predicted octanol–water partition coefficient (Wildman–Crippen LogP) is 2.82. The Bertz CT molecular complexity index is 580. The molecule has 0 saturated carbocycles. The third-order valence-corrected chi connectivity index (χ3v) is 3.04. The first-order chi connectivity index (χ1) is 8.67. The lowest BCUT2D eigenvalue weighted by Crippen LogP contribution is -2.12. The molecule has 1 unspecified atom stereocenters. The van der Waals surface area contributed by atoms with E-state index in [0.717, 1.165) is 10.8 Å². The number of ether oxygens (including phenoxy) is 1. The molecule has 0 spiro atoms. The first-order valence-electron chi connectivity index (χ1n) is 5.82. The van der Waals surface area contributed by atoms with E-state index in [2.05, 4.69) is 4.98 Å². The van der Waals surface area contributed by atoms with Gasteiger partial charge < -0.3 is 9.84 Å². The average Bonchev–Trinajstić information content (AvgIpc) is 2.39. The number of benzene rings is 1. The highest BCUT2D eigenvalue weighted by Gasteiger charge is 2.21. The molecule has 4 nitrogen and oxygen atoms in total. The monoisotopic (exact) mass is 245 g/mol. The smallest absolute Gasteiger partial charge is 0.312 e. The molecule has 1 aromatic carbocycles. The number of carboxylic acids is 1. The van der Waals surface area contributed by atoms with Gasteiger partial charge in [-0.15, -0.1) is 0 Å². The molecular formula is C14H15NO3. The van der Waals surface area contributed by atoms with E-state index in [1.165, 1.54) is 0 Å². The van der Waals surface area contributed by atoms with Crippen LogP contribution in [0.15, 0.2) is 30.5 Å². The third kappa shape index (κ3) is 2.14. The van der Waals surface area contributed by atoms with Crippen molar-refractivity contribution >= 4 is 16.7 Å². The first-order valence-corrected chi connectivity index (χ1v) is 5.82. The second-order valence-corrected chi connectivity index (χ2v) is 4.08. The topological polar surface area (TPSA) is 59.4 Å². The first kappa shape index (κ1) is 12.4. The van der Waals surface area contributed by atoms with Gasteiger partial charge in [-0.3, -0.25) is 9.78 Å². The summed E-state index contributed by atoms with van der Waals surface area (Å²) in [6.45, 7) is 1.85. The van der Waals surface area contributed by atoms with E-state index in [1.54, 1.807) is 13.3 Å². The summed E-state index contributed by atoms with van der Waals surface area (Å²) >= 11 is 0. The molecule has 0 aliphatic heterocycles. The summed E-state index contributed by atoms with van der Waals surface area (Å²) in [7, 11) is 1.59. The van der Waals surface area contributed by atoms with E-state index in [4.69, 9.17) is 4.74 Å². The zero-order valence-corrected chi connectivity index (χ0v) is 10.4. The van der Waals surface area contributed by atoms with Crippen LogP contribution in [-0.2, 0) is 4.79 Å². The summed E-state index contributed by atoms with van der Waals surface area (Å²) in [5.41, 5.74) is 0.599. The zero-order chi connectivity index (χ0) is 13.1. The fourth-order valence-electron chi connectivity index (χ4n) is 2.06. The SMILES string of the molecule is CCC(C(=O)O)c1nccc2ccc(OC)cc12. The van der Waals surface area contributed by atoms with Gasteiger partial charge in [0.1, 0.15) is 5.75 Å². The number of fused-ring (bicyclic) bond motifs is 1. The Kier molecular flexibility index (Phi) is 3.46. The average molecular weight is 245 g/mol. The fraction of sp³-hybridized carbons (Fsp3) is 0.286. The second-order valence-electron chi connectivity index (χ2n) is 4.08. The number of aromatic nitrogens is 1. The third-order valence-electron chi connectivity index (χ3n) is 3.04. The van der Waals surface area contributed by atoms with Crippen molar-refractivity contribution in [2.24, 2.45) is 0 Å². The molecule has 0 aliphatic rings. The van der Waals surface area contributed by atoms with Crippen molar-refractivity contribution in [2.75, 3.05) is 7.11 Å². The zero-order valence-electron chi connectivity index (χ0n) is 10.4. The maximum atomic E-state index is 11.3. The van der Waals surface area contributed by atoms with Gasteiger partial charge in [0.05, 0.1) is 18.7 Å². The maximum Gasteiger partial charge on any atom is 0.312 e. The molecule has 18 heavy (non-hydrogen) atoms. The van der Waals surface area contributed by atoms with Crippen molar-refractivity contribution in [3.05, 3.63) is 36.2 Å². The van der Waals surface area contributed by atoms with Gasteiger partial charge in [0.2, 0.25) is 0 Å². The summed E-state index contributed by atoms with van der Waals surface area (Å²) in [6.07, 6.45) is 2.16. The number of nitrogens with zero attached hydrogens (tertiary/aromatic N) is 1. The number of aliphatic carboxylic acids is 1. The normalized spacial score (nSPS) is 12.3. The van der Waals surface area contributed by atoms with Crippen LogP contribution in [0.4, 0.5) is 0 Å². The van der Waals surface area contributed by atoms with Crippen molar-refractivity contribution in [3.63, 3.8) is 0 Å². The Morgan fingerprint density at radius 1 is 1.44 bits per heavy atom. The summed E-state index contributed by atoms with van der Waals surface area (Å²) in [5, 5.41) is 11.1. The molecule has 1 aromatic heterocycles. The molecule has 0 bridgehead atoms. The van der Waals surface area contributed by atoms with Gasteiger partial charge in [0.25, 0.3) is 0 Å². The summed E-state index contributed by atoms with van der Waals surface area (Å²) in [4.78, 5) is 15.5. The van der Waals surface area contributed by atoms with Crippen molar-refractivity contribution < 1.29 is 14.6 Å². The lowest BCUT2D eigenvalue weighted by Gasteiger charge is -2.12. The van der Waals surface area contributed by atoms with Crippen LogP contribution in [0.5, 0.6) is 5.75 Å². The van der Waals surface area contributed by atoms with Gasteiger partial charge in [0, 0.05) is 11.6 Å². The Labute approximate surface area is 105 Å². The number of rotatable bonds is 4. The van der Waals surface area contributed by atoms with Gasteiger partial charge in [-0.25, -0.2) is 0 Å². The number of hydrogen-bond acceptors (Lipinski definition) is 3. The lowest BCUT2D eigenvalue weighted by molar-refractivity contribution is -0.138. The highest BCUT2D eigenvalue weighted by Crippen LogP contribution is 2.28. The highest BCUT2D eigenvalue weighted by atomic mass is 16.5. The molecular weight excluding hydrogens is 230 g/mol. The molecule has 0 aliphatic carbocycles. The van der Waals surface area contributed by atoms with E-state index in [9.17, 15) is 9.90 Å². The summed E-state index contributed by atoms with van der Waals surface area (Å²) < 4.78 is 5.18. The minimum atomic E-state index is -0.847. The lowest BCUT2D eigenvalue weighted by atomic mass is 9.97. The van der Waals surface area contributed by atoms with Crippen molar-refractivity contribution in [3.8, 4) is 5.75 Å². The van der Waals surface area contributed by atoms with Crippen molar-refractivity contribution in [2.45, 2.75) is 19.3 Å². The van der Waals surface area contributed by atoms with Crippen LogP contribution in [0.3, 0.4) is 0 Å². The highest BCUT2D eigenvalue weighted by molar-refractivity contribution is 5.90. The molecule has 4 heteroatoms. The van der Waals surface area contributed by atoms with E-state index in [0.29, 0.717) is 17.9 Å². The van der Waals surface area contributed by atoms with Crippen molar-refractivity contribution in [1.29, 1.82) is 0 Å². The van der Waals surface area contributed by atoms with Crippen LogP contribution in [0.25, 0.3) is 10.8 Å². The van der Waals surface area contributed by atoms with Crippen molar-refractivity contribution in [1.82, 2.24) is 4.98 Å². The number of pyridine rings is 1. The summed E-state index contributed by atoms with van der Waals surface area (Å²) in [5.74, 6) is -0.724. The maximum absolute atomic E-state index is 11.3. The van der Waals surface area contributed by atoms with Crippen LogP contribution >= 0.6 is 0 Å². The van der Waals surface area contributed by atoms with E-state index in [1.807, 2.05) is 31.2 Å². The molecule has 94 valence electrons. The molecule has 0 fully saturated rings. The Hall–Kier alpha value is -2.10. The van der Waals surface area contributed by atoms with E-state index in [-0.39, 0.29) is 0 Å². The largest absolute Gasteiger partial charge is 0.497 e. The Morgan fingerprint density at radius 3 is 2.83 bits per heavy atom. The number of methoxy groups -OCH3 is 1. The van der Waals surface area contributed by atoms with Crippen LogP contribution in [-0.4, -0.2) is 23.2 Å². The van der Waals surface area contributed by atoms with Crippen LogP contribution in [0.2, 0.25) is 0 Å². The van der Waals surface area contributed by atoms with Crippen LogP contribution in [0, 0.1) is 0 Å². The van der Waals surface area contributed by atoms with E-state index >= 15 is 0 Å². The number of carbonyl (C=O) groups is 1. The molecule has 0 amide bonds. The molecule has 1 atom stereocenters. The molecule has 2 rings (SSSR count).